The first-order valence-electron chi connectivity index (χ1n) is 6.92. The van der Waals surface area contributed by atoms with Crippen molar-refractivity contribution in [1.29, 1.82) is 0 Å². The molecule has 21 heavy (non-hydrogen) atoms. The van der Waals surface area contributed by atoms with Crippen molar-refractivity contribution in [2.45, 2.75) is 25.2 Å². The molecule has 1 heterocycles. The van der Waals surface area contributed by atoms with Crippen LogP contribution in [0.4, 0.5) is 0 Å². The fourth-order valence-electron chi connectivity index (χ4n) is 3.05. The average molecular weight is 280 g/mol. The van der Waals surface area contributed by atoms with Crippen LogP contribution in [0.15, 0.2) is 54.6 Å². The predicted molar refractivity (Wildman–Crippen MR) is 79.3 cm³/mol. The number of Topliss-reactive ketones (excluding diaryl/α,β-unsaturated/α-hetero) is 1. The van der Waals surface area contributed by atoms with E-state index in [2.05, 4.69) is 0 Å². The molecule has 0 unspecified atom stereocenters. The molecule has 0 fully saturated rings. The maximum absolute atomic E-state index is 12.5. The highest BCUT2D eigenvalue weighted by atomic mass is 16.5. The Morgan fingerprint density at radius 1 is 1.05 bits per heavy atom. The Hall–Kier alpha value is -2.42. The van der Waals surface area contributed by atoms with E-state index in [4.69, 9.17) is 4.74 Å². The van der Waals surface area contributed by atoms with Gasteiger partial charge in [-0.25, -0.2) is 0 Å². The van der Waals surface area contributed by atoms with E-state index in [1.165, 1.54) is 6.92 Å². The van der Waals surface area contributed by atoms with Gasteiger partial charge in [0.15, 0.2) is 0 Å². The highest BCUT2D eigenvalue weighted by Gasteiger charge is 2.50. The third-order valence-electron chi connectivity index (χ3n) is 4.33. The fourth-order valence-corrected chi connectivity index (χ4v) is 3.05. The number of hydrogen-bond acceptors (Lipinski definition) is 3. The number of carbonyl (C=O) groups is 2. The second-order valence-corrected chi connectivity index (χ2v) is 5.52. The van der Waals surface area contributed by atoms with Crippen molar-refractivity contribution in [1.82, 2.24) is 0 Å². The highest BCUT2D eigenvalue weighted by molar-refractivity contribution is 5.99. The van der Waals surface area contributed by atoms with Crippen LogP contribution in [-0.4, -0.2) is 11.8 Å². The third kappa shape index (κ3) is 1.97. The molecule has 0 saturated heterocycles. The standard InChI is InChI=1S/C18H16O3/c1-12(19)18(2)14-10-6-7-11-15(14)21-17(20)16(18)13-8-4-3-5-9-13/h3-11,16H,1-2H3/t16-,18+/m1/s1. The van der Waals surface area contributed by atoms with Gasteiger partial charge >= 0.3 is 5.97 Å². The molecule has 0 N–H and O–H groups in total. The van der Waals surface area contributed by atoms with Gasteiger partial charge in [0.25, 0.3) is 0 Å². The molecular formula is C18H16O3. The summed E-state index contributed by atoms with van der Waals surface area (Å²) in [4.78, 5) is 24.9. The van der Waals surface area contributed by atoms with Gasteiger partial charge in [-0.1, -0.05) is 48.5 Å². The number of fused-ring (bicyclic) bond motifs is 1. The van der Waals surface area contributed by atoms with Gasteiger partial charge in [-0.15, -0.1) is 0 Å². The van der Waals surface area contributed by atoms with E-state index in [-0.39, 0.29) is 11.8 Å². The monoisotopic (exact) mass is 280 g/mol. The number of carbonyl (C=O) groups excluding carboxylic acids is 2. The summed E-state index contributed by atoms with van der Waals surface area (Å²) in [6, 6.07) is 16.6. The summed E-state index contributed by atoms with van der Waals surface area (Å²) in [6.45, 7) is 3.36. The van der Waals surface area contributed by atoms with Crippen LogP contribution in [0.1, 0.15) is 30.9 Å². The minimum Gasteiger partial charge on any atom is -0.426 e. The molecule has 2 aromatic carbocycles. The summed E-state index contributed by atoms with van der Waals surface area (Å²) in [7, 11) is 0. The van der Waals surface area contributed by atoms with Crippen molar-refractivity contribution in [3.05, 3.63) is 65.7 Å². The Bertz CT molecular complexity index is 705. The lowest BCUT2D eigenvalue weighted by Gasteiger charge is -2.39. The second-order valence-electron chi connectivity index (χ2n) is 5.52. The normalized spacial score (nSPS) is 24.1. The molecular weight excluding hydrogens is 264 g/mol. The van der Waals surface area contributed by atoms with Crippen LogP contribution >= 0.6 is 0 Å². The van der Waals surface area contributed by atoms with E-state index in [0.717, 1.165) is 11.1 Å². The molecule has 1 aliphatic rings. The fraction of sp³-hybridized carbons (Fsp3) is 0.222. The smallest absolute Gasteiger partial charge is 0.320 e. The maximum Gasteiger partial charge on any atom is 0.320 e. The Morgan fingerprint density at radius 2 is 1.67 bits per heavy atom. The molecule has 0 radical (unpaired) electrons. The van der Waals surface area contributed by atoms with E-state index in [1.807, 2.05) is 49.4 Å². The van der Waals surface area contributed by atoms with Crippen molar-refractivity contribution in [3.63, 3.8) is 0 Å². The SMILES string of the molecule is CC(=O)[C@@]1(C)c2ccccc2OC(=O)[C@H]1c1ccccc1. The summed E-state index contributed by atoms with van der Waals surface area (Å²) in [5.41, 5.74) is 0.661. The summed E-state index contributed by atoms with van der Waals surface area (Å²) >= 11 is 0. The van der Waals surface area contributed by atoms with Gasteiger partial charge in [0.05, 0.1) is 11.3 Å². The summed E-state index contributed by atoms with van der Waals surface area (Å²) in [6.07, 6.45) is 0. The molecule has 0 bridgehead atoms. The lowest BCUT2D eigenvalue weighted by molar-refractivity contribution is -0.143. The Labute approximate surface area is 123 Å². The number of hydrogen-bond donors (Lipinski definition) is 0. The first-order valence-corrected chi connectivity index (χ1v) is 6.92. The minimum atomic E-state index is -0.909. The van der Waals surface area contributed by atoms with Crippen LogP contribution in [0.5, 0.6) is 5.75 Å². The molecule has 106 valence electrons. The molecule has 3 heteroatoms. The number of ketones is 1. The van der Waals surface area contributed by atoms with Crippen LogP contribution < -0.4 is 4.74 Å². The van der Waals surface area contributed by atoms with E-state index in [0.29, 0.717) is 5.75 Å². The van der Waals surface area contributed by atoms with Gasteiger partial charge in [0, 0.05) is 5.56 Å². The molecule has 3 nitrogen and oxygen atoms in total. The topological polar surface area (TPSA) is 43.4 Å². The lowest BCUT2D eigenvalue weighted by Crippen LogP contribution is -2.46. The van der Waals surface area contributed by atoms with Crippen LogP contribution in [0.3, 0.4) is 0 Å². The molecule has 3 rings (SSSR count). The zero-order valence-electron chi connectivity index (χ0n) is 12.0. The number of rotatable bonds is 2. The molecule has 2 atom stereocenters. The molecule has 1 aliphatic heterocycles. The summed E-state index contributed by atoms with van der Waals surface area (Å²) in [5, 5.41) is 0. The van der Waals surface area contributed by atoms with Gasteiger partial charge in [-0.05, 0) is 25.5 Å². The van der Waals surface area contributed by atoms with Gasteiger partial charge in [-0.2, -0.15) is 0 Å². The first kappa shape index (κ1) is 13.6. The molecule has 0 spiro atoms. The van der Waals surface area contributed by atoms with E-state index < -0.39 is 11.3 Å². The minimum absolute atomic E-state index is 0.0412. The largest absolute Gasteiger partial charge is 0.426 e. The first-order chi connectivity index (χ1) is 10.0. The third-order valence-corrected chi connectivity index (χ3v) is 4.33. The van der Waals surface area contributed by atoms with Crippen LogP contribution in [-0.2, 0) is 15.0 Å². The number of para-hydroxylation sites is 1. The molecule has 2 aromatic rings. The van der Waals surface area contributed by atoms with Crippen LogP contribution in [0, 0.1) is 0 Å². The van der Waals surface area contributed by atoms with E-state index in [9.17, 15) is 9.59 Å². The van der Waals surface area contributed by atoms with Crippen molar-refractivity contribution < 1.29 is 14.3 Å². The maximum atomic E-state index is 12.5. The number of esters is 1. The van der Waals surface area contributed by atoms with Crippen LogP contribution in [0.25, 0.3) is 0 Å². The number of ether oxygens (including phenoxy) is 1. The van der Waals surface area contributed by atoms with Crippen LogP contribution in [0.2, 0.25) is 0 Å². The van der Waals surface area contributed by atoms with Gasteiger partial charge < -0.3 is 4.74 Å². The zero-order valence-corrected chi connectivity index (χ0v) is 12.0. The number of benzene rings is 2. The Morgan fingerprint density at radius 3 is 2.33 bits per heavy atom. The second kappa shape index (κ2) is 4.85. The van der Waals surface area contributed by atoms with Crippen molar-refractivity contribution in [2.75, 3.05) is 0 Å². The van der Waals surface area contributed by atoms with Crippen molar-refractivity contribution in [2.24, 2.45) is 0 Å². The Balaban J connectivity index is 2.25. The Kier molecular flexibility index (Phi) is 3.13. The molecule has 0 amide bonds. The highest BCUT2D eigenvalue weighted by Crippen LogP contribution is 2.47. The van der Waals surface area contributed by atoms with E-state index >= 15 is 0 Å². The average Bonchev–Trinajstić information content (AvgIpc) is 2.48. The van der Waals surface area contributed by atoms with Gasteiger partial charge in [-0.3, -0.25) is 9.59 Å². The quantitative estimate of drug-likeness (QED) is 0.626. The zero-order chi connectivity index (χ0) is 15.0. The summed E-state index contributed by atoms with van der Waals surface area (Å²) < 4.78 is 5.45. The lowest BCUT2D eigenvalue weighted by atomic mass is 9.65. The van der Waals surface area contributed by atoms with E-state index in [1.54, 1.807) is 12.1 Å². The summed E-state index contributed by atoms with van der Waals surface area (Å²) in [5.74, 6) is -0.559. The molecule has 0 saturated carbocycles. The molecule has 0 aromatic heterocycles. The van der Waals surface area contributed by atoms with Crippen molar-refractivity contribution in [3.8, 4) is 5.75 Å². The molecule has 0 aliphatic carbocycles. The van der Waals surface area contributed by atoms with Gasteiger partial charge in [0.2, 0.25) is 0 Å². The van der Waals surface area contributed by atoms with Gasteiger partial charge in [0.1, 0.15) is 11.5 Å². The van der Waals surface area contributed by atoms with Crippen molar-refractivity contribution >= 4 is 11.8 Å². The predicted octanol–water partition coefficient (Wildman–Crippen LogP) is 3.24.